The van der Waals surface area contributed by atoms with Crippen LogP contribution in [0.4, 0.5) is 23.1 Å². The van der Waals surface area contributed by atoms with Crippen molar-refractivity contribution in [3.63, 3.8) is 0 Å². The van der Waals surface area contributed by atoms with Crippen molar-refractivity contribution in [1.29, 1.82) is 0 Å². The summed E-state index contributed by atoms with van der Waals surface area (Å²) in [4.78, 5) is 8.81. The second kappa shape index (κ2) is 8.22. The highest BCUT2D eigenvalue weighted by molar-refractivity contribution is 5.60. The van der Waals surface area contributed by atoms with Crippen LogP contribution in [-0.4, -0.2) is 9.97 Å². The third-order valence-corrected chi connectivity index (χ3v) is 4.04. The number of anilines is 4. The monoisotopic (exact) mass is 368 g/mol. The van der Waals surface area contributed by atoms with Crippen LogP contribution >= 0.6 is 0 Å². The summed E-state index contributed by atoms with van der Waals surface area (Å²) in [5, 5.41) is 6.51. The van der Waals surface area contributed by atoms with E-state index in [0.717, 1.165) is 28.7 Å². The molecule has 0 aliphatic carbocycles. The van der Waals surface area contributed by atoms with Crippen molar-refractivity contribution < 1.29 is 4.74 Å². The fourth-order valence-electron chi connectivity index (χ4n) is 2.72. The molecule has 0 saturated heterocycles. The van der Waals surface area contributed by atoms with Crippen LogP contribution in [-0.2, 0) is 0 Å². The molecule has 28 heavy (non-hydrogen) atoms. The Labute approximate surface area is 164 Å². The van der Waals surface area contributed by atoms with E-state index < -0.39 is 0 Å². The third-order valence-electron chi connectivity index (χ3n) is 4.04. The van der Waals surface area contributed by atoms with Crippen molar-refractivity contribution in [1.82, 2.24) is 9.97 Å². The molecule has 3 aromatic carbocycles. The maximum absolute atomic E-state index is 5.81. The van der Waals surface area contributed by atoms with Crippen LogP contribution in [0.2, 0.25) is 0 Å². The Hall–Kier alpha value is -3.86. The number of aryl methyl sites for hydroxylation is 1. The van der Waals surface area contributed by atoms with E-state index in [9.17, 15) is 0 Å². The molecule has 0 radical (unpaired) electrons. The zero-order chi connectivity index (χ0) is 19.2. The second-order valence-electron chi connectivity index (χ2n) is 6.32. The average molecular weight is 368 g/mol. The molecule has 0 atom stereocenters. The Balaban J connectivity index is 1.42. The number of rotatable bonds is 6. The number of nitrogens with one attached hydrogen (secondary N) is 2. The lowest BCUT2D eigenvalue weighted by Crippen LogP contribution is -2.00. The van der Waals surface area contributed by atoms with Gasteiger partial charge in [-0.3, -0.25) is 0 Å². The zero-order valence-electron chi connectivity index (χ0n) is 15.5. The molecule has 2 N–H and O–H groups in total. The second-order valence-corrected chi connectivity index (χ2v) is 6.32. The smallest absolute Gasteiger partial charge is 0.229 e. The van der Waals surface area contributed by atoms with Crippen LogP contribution in [0.5, 0.6) is 11.5 Å². The van der Waals surface area contributed by atoms with Crippen molar-refractivity contribution in [2.24, 2.45) is 0 Å². The molecular formula is C23H20N4O. The number of aromatic nitrogens is 2. The first-order chi connectivity index (χ1) is 13.7. The summed E-state index contributed by atoms with van der Waals surface area (Å²) in [5.41, 5.74) is 3.07. The first kappa shape index (κ1) is 17.5. The molecule has 0 saturated carbocycles. The maximum Gasteiger partial charge on any atom is 0.229 e. The predicted molar refractivity (Wildman–Crippen MR) is 113 cm³/mol. The highest BCUT2D eigenvalue weighted by atomic mass is 16.5. The fraction of sp³-hybridized carbons (Fsp3) is 0.0435. The van der Waals surface area contributed by atoms with Gasteiger partial charge in [-0.15, -0.1) is 0 Å². The molecule has 0 bridgehead atoms. The molecule has 5 heteroatoms. The van der Waals surface area contributed by atoms with Gasteiger partial charge in [-0.1, -0.05) is 30.3 Å². The number of nitrogens with zero attached hydrogens (tertiary/aromatic N) is 2. The normalized spacial score (nSPS) is 10.3. The molecule has 0 spiro atoms. The minimum atomic E-state index is 0.523. The van der Waals surface area contributed by atoms with Gasteiger partial charge in [0.25, 0.3) is 0 Å². The lowest BCUT2D eigenvalue weighted by atomic mass is 10.2. The maximum atomic E-state index is 5.81. The van der Waals surface area contributed by atoms with E-state index in [2.05, 4.69) is 39.7 Å². The SMILES string of the molecule is Cc1cccc(Nc2ccnc(Nc3ccc(Oc4ccccc4)cc3)n2)c1. The molecule has 1 heterocycles. The molecule has 1 aromatic heterocycles. The van der Waals surface area contributed by atoms with Crippen LogP contribution in [0.3, 0.4) is 0 Å². The molecule has 0 fully saturated rings. The first-order valence-corrected chi connectivity index (χ1v) is 9.01. The standard InChI is InChI=1S/C23H20N4O/c1-17-6-5-7-19(16-17)25-22-14-15-24-23(27-22)26-18-10-12-21(13-11-18)28-20-8-3-2-4-9-20/h2-16H,1H3,(H2,24,25,26,27). The van der Waals surface area contributed by atoms with Crippen LogP contribution in [0.1, 0.15) is 5.56 Å². The largest absolute Gasteiger partial charge is 0.457 e. The number of para-hydroxylation sites is 1. The zero-order valence-corrected chi connectivity index (χ0v) is 15.5. The van der Waals surface area contributed by atoms with E-state index in [4.69, 9.17) is 4.74 Å². The van der Waals surface area contributed by atoms with Crippen LogP contribution < -0.4 is 15.4 Å². The van der Waals surface area contributed by atoms with E-state index in [0.29, 0.717) is 5.95 Å². The van der Waals surface area contributed by atoms with Gasteiger partial charge in [-0.2, -0.15) is 4.98 Å². The third kappa shape index (κ3) is 4.65. The Morgan fingerprint density at radius 3 is 2.29 bits per heavy atom. The van der Waals surface area contributed by atoms with E-state index in [1.807, 2.05) is 72.8 Å². The van der Waals surface area contributed by atoms with E-state index in [1.165, 1.54) is 5.56 Å². The van der Waals surface area contributed by atoms with Gasteiger partial charge in [0.15, 0.2) is 0 Å². The van der Waals surface area contributed by atoms with Crippen LogP contribution in [0.25, 0.3) is 0 Å². The summed E-state index contributed by atoms with van der Waals surface area (Å²) in [6.07, 6.45) is 1.72. The van der Waals surface area contributed by atoms with Gasteiger partial charge in [0.05, 0.1) is 0 Å². The van der Waals surface area contributed by atoms with E-state index >= 15 is 0 Å². The minimum absolute atomic E-state index is 0.523. The minimum Gasteiger partial charge on any atom is -0.457 e. The summed E-state index contributed by atoms with van der Waals surface area (Å²) < 4.78 is 5.81. The molecule has 4 aromatic rings. The Morgan fingerprint density at radius 2 is 1.50 bits per heavy atom. The topological polar surface area (TPSA) is 59.1 Å². The molecule has 4 rings (SSSR count). The van der Waals surface area contributed by atoms with Gasteiger partial charge in [0.2, 0.25) is 5.95 Å². The molecule has 0 amide bonds. The van der Waals surface area contributed by atoms with Crippen molar-refractivity contribution in [2.45, 2.75) is 6.92 Å². The lowest BCUT2D eigenvalue weighted by molar-refractivity contribution is 0.483. The highest BCUT2D eigenvalue weighted by Crippen LogP contribution is 2.24. The van der Waals surface area contributed by atoms with Gasteiger partial charge in [-0.05, 0) is 67.1 Å². The van der Waals surface area contributed by atoms with Gasteiger partial charge in [-0.25, -0.2) is 4.98 Å². The molecule has 0 unspecified atom stereocenters. The van der Waals surface area contributed by atoms with Crippen molar-refractivity contribution in [3.8, 4) is 11.5 Å². The van der Waals surface area contributed by atoms with Gasteiger partial charge < -0.3 is 15.4 Å². The summed E-state index contributed by atoms with van der Waals surface area (Å²) in [7, 11) is 0. The number of benzene rings is 3. The quantitative estimate of drug-likeness (QED) is 0.433. The molecule has 5 nitrogen and oxygen atoms in total. The number of hydrogen-bond donors (Lipinski definition) is 2. The lowest BCUT2D eigenvalue weighted by Gasteiger charge is -2.10. The van der Waals surface area contributed by atoms with Crippen LogP contribution in [0, 0.1) is 6.92 Å². The number of ether oxygens (including phenoxy) is 1. The summed E-state index contributed by atoms with van der Waals surface area (Å²) in [5.74, 6) is 2.83. The molecule has 0 aliphatic heterocycles. The van der Waals surface area contributed by atoms with E-state index in [1.54, 1.807) is 6.20 Å². The van der Waals surface area contributed by atoms with Gasteiger partial charge in [0.1, 0.15) is 17.3 Å². The predicted octanol–water partition coefficient (Wildman–Crippen LogP) is 6.06. The Kier molecular flexibility index (Phi) is 5.15. The summed E-state index contributed by atoms with van der Waals surface area (Å²) >= 11 is 0. The first-order valence-electron chi connectivity index (χ1n) is 9.01. The molecular weight excluding hydrogens is 348 g/mol. The molecule has 0 aliphatic rings. The number of hydrogen-bond acceptors (Lipinski definition) is 5. The van der Waals surface area contributed by atoms with Gasteiger partial charge in [0, 0.05) is 17.6 Å². The highest BCUT2D eigenvalue weighted by Gasteiger charge is 2.03. The van der Waals surface area contributed by atoms with Crippen LogP contribution in [0.15, 0.2) is 91.1 Å². The summed E-state index contributed by atoms with van der Waals surface area (Å²) in [6.45, 7) is 2.06. The Morgan fingerprint density at radius 1 is 0.714 bits per heavy atom. The van der Waals surface area contributed by atoms with Crippen molar-refractivity contribution in [3.05, 3.63) is 96.7 Å². The van der Waals surface area contributed by atoms with Crippen molar-refractivity contribution in [2.75, 3.05) is 10.6 Å². The average Bonchev–Trinajstić information content (AvgIpc) is 2.71. The van der Waals surface area contributed by atoms with Crippen molar-refractivity contribution >= 4 is 23.1 Å². The summed E-state index contributed by atoms with van der Waals surface area (Å²) in [6, 6.07) is 27.4. The van der Waals surface area contributed by atoms with E-state index in [-0.39, 0.29) is 0 Å². The molecule has 138 valence electrons. The van der Waals surface area contributed by atoms with Gasteiger partial charge >= 0.3 is 0 Å². The fourth-order valence-corrected chi connectivity index (χ4v) is 2.72. The Bertz CT molecular complexity index is 1050.